The summed E-state index contributed by atoms with van der Waals surface area (Å²) in [5.41, 5.74) is 5.65. The number of aryl methyl sites for hydroxylation is 1. The summed E-state index contributed by atoms with van der Waals surface area (Å²) in [6.07, 6.45) is 5.74. The van der Waals surface area contributed by atoms with E-state index in [1.54, 1.807) is 6.20 Å². The summed E-state index contributed by atoms with van der Waals surface area (Å²) < 4.78 is 2.25. The number of hydrogen-bond acceptors (Lipinski definition) is 4. The molecule has 0 aliphatic carbocycles. The normalized spacial score (nSPS) is 21.5. The molecular formula is C22H22N4O2. The fourth-order valence-electron chi connectivity index (χ4n) is 4.60. The maximum atomic E-state index is 12.6. The summed E-state index contributed by atoms with van der Waals surface area (Å²) in [4.78, 5) is 19.2. The number of rotatable bonds is 4. The molecule has 5 rings (SSSR count). The van der Waals surface area contributed by atoms with Gasteiger partial charge in [0.25, 0.3) is 5.91 Å². The summed E-state index contributed by atoms with van der Waals surface area (Å²) in [5.74, 6) is 0.217. The number of fused-ring (bicyclic) bond motifs is 3. The van der Waals surface area contributed by atoms with Gasteiger partial charge >= 0.3 is 0 Å². The Morgan fingerprint density at radius 1 is 1.29 bits per heavy atom. The summed E-state index contributed by atoms with van der Waals surface area (Å²) in [5, 5.41) is 13.1. The van der Waals surface area contributed by atoms with Gasteiger partial charge in [0.05, 0.1) is 6.04 Å². The Morgan fingerprint density at radius 3 is 2.89 bits per heavy atom. The molecule has 1 N–H and O–H groups in total. The first kappa shape index (κ1) is 17.0. The molecule has 6 heteroatoms. The number of carbonyl (C=O) groups excluding carboxylic acids is 1. The second-order valence-corrected chi connectivity index (χ2v) is 7.66. The molecule has 2 aliphatic heterocycles. The van der Waals surface area contributed by atoms with Gasteiger partial charge in [-0.25, -0.2) is 4.98 Å². The second kappa shape index (κ2) is 6.48. The van der Waals surface area contributed by atoms with E-state index in [-0.39, 0.29) is 18.0 Å². The summed E-state index contributed by atoms with van der Waals surface area (Å²) in [6, 6.07) is 12.3. The van der Waals surface area contributed by atoms with E-state index in [1.165, 1.54) is 23.0 Å². The van der Waals surface area contributed by atoms with E-state index in [4.69, 9.17) is 5.21 Å². The van der Waals surface area contributed by atoms with Crippen molar-refractivity contribution < 1.29 is 10.0 Å². The van der Waals surface area contributed by atoms with Crippen molar-refractivity contribution in [3.63, 3.8) is 0 Å². The van der Waals surface area contributed by atoms with Crippen LogP contribution >= 0.6 is 0 Å². The molecule has 28 heavy (non-hydrogen) atoms. The Balaban J connectivity index is 1.46. The number of oxime groups is 1. The van der Waals surface area contributed by atoms with E-state index in [2.05, 4.69) is 52.0 Å². The average Bonchev–Trinajstić information content (AvgIpc) is 3.29. The lowest BCUT2D eigenvalue weighted by atomic mass is 10.0. The van der Waals surface area contributed by atoms with E-state index in [0.29, 0.717) is 6.42 Å². The molecule has 142 valence electrons. The van der Waals surface area contributed by atoms with E-state index < -0.39 is 0 Å². The first-order chi connectivity index (χ1) is 13.7. The molecule has 0 radical (unpaired) electrons. The van der Waals surface area contributed by atoms with Gasteiger partial charge in [-0.1, -0.05) is 29.8 Å². The third kappa shape index (κ3) is 2.59. The van der Waals surface area contributed by atoms with Gasteiger partial charge in [0.15, 0.2) is 0 Å². The fraction of sp³-hybridized carbons (Fsp3) is 0.318. The second-order valence-electron chi connectivity index (χ2n) is 7.66. The van der Waals surface area contributed by atoms with E-state index in [0.717, 1.165) is 36.0 Å². The van der Waals surface area contributed by atoms with Gasteiger partial charge in [0.1, 0.15) is 11.7 Å². The van der Waals surface area contributed by atoms with Gasteiger partial charge in [0.2, 0.25) is 0 Å². The van der Waals surface area contributed by atoms with Crippen LogP contribution < -0.4 is 0 Å². The van der Waals surface area contributed by atoms with Crippen LogP contribution in [0.5, 0.6) is 0 Å². The smallest absolute Gasteiger partial charge is 0.251 e. The van der Waals surface area contributed by atoms with Crippen LogP contribution in [0, 0.1) is 6.92 Å². The van der Waals surface area contributed by atoms with Crippen LogP contribution in [-0.2, 0) is 24.2 Å². The van der Waals surface area contributed by atoms with Crippen LogP contribution in [0.1, 0.15) is 34.8 Å². The van der Waals surface area contributed by atoms with Crippen molar-refractivity contribution in [2.75, 3.05) is 0 Å². The van der Waals surface area contributed by atoms with Crippen LogP contribution in [-0.4, -0.2) is 37.8 Å². The fourth-order valence-corrected chi connectivity index (χ4v) is 4.60. The van der Waals surface area contributed by atoms with E-state index in [9.17, 15) is 4.79 Å². The highest BCUT2D eigenvalue weighted by Gasteiger charge is 2.51. The number of pyridine rings is 1. The molecule has 2 aliphatic rings. The molecule has 0 bridgehead atoms. The molecule has 2 aromatic heterocycles. The minimum absolute atomic E-state index is 0.108. The molecule has 2 atom stereocenters. The topological polar surface area (TPSA) is 70.5 Å². The molecule has 3 aromatic rings. The van der Waals surface area contributed by atoms with Crippen molar-refractivity contribution >= 4 is 23.2 Å². The van der Waals surface area contributed by atoms with Crippen molar-refractivity contribution in [3.8, 4) is 0 Å². The first-order valence-electron chi connectivity index (χ1n) is 9.68. The zero-order valence-corrected chi connectivity index (χ0v) is 15.7. The molecule has 0 saturated carbocycles. The number of amides is 1. The van der Waals surface area contributed by atoms with Crippen molar-refractivity contribution in [3.05, 3.63) is 65.0 Å². The molecule has 4 heterocycles. The lowest BCUT2D eigenvalue weighted by molar-refractivity contribution is -0.114. The molecule has 1 amide bonds. The quantitative estimate of drug-likeness (QED) is 0.330. The number of nitrogens with zero attached hydrogens (tertiary/aromatic N) is 4. The third-order valence-corrected chi connectivity index (χ3v) is 6.01. The van der Waals surface area contributed by atoms with Crippen molar-refractivity contribution in [1.82, 2.24) is 14.5 Å². The lowest BCUT2D eigenvalue weighted by Crippen LogP contribution is -2.32. The molecule has 1 saturated heterocycles. The van der Waals surface area contributed by atoms with Gasteiger partial charge < -0.3 is 14.7 Å². The maximum absolute atomic E-state index is 12.6. The number of carbonyl (C=O) groups is 1. The third-order valence-electron chi connectivity index (χ3n) is 6.01. The monoisotopic (exact) mass is 374 g/mol. The molecule has 0 spiro atoms. The Kier molecular flexibility index (Phi) is 3.93. The first-order valence-corrected chi connectivity index (χ1v) is 9.68. The average molecular weight is 374 g/mol. The highest BCUT2D eigenvalue weighted by atomic mass is 16.4. The number of benzene rings is 1. The Labute approximate surface area is 163 Å². The number of hydrogen-bond donors (Lipinski definition) is 1. The minimum atomic E-state index is -0.108. The van der Waals surface area contributed by atoms with Crippen LogP contribution in [0.2, 0.25) is 0 Å². The zero-order chi connectivity index (χ0) is 19.3. The summed E-state index contributed by atoms with van der Waals surface area (Å²) >= 11 is 0. The SMILES string of the molecule is Cc1ccc(C2C(=O)N2C2CCc3c(C/C=N\O)c4cccnc4n3C2)cc1. The van der Waals surface area contributed by atoms with Crippen molar-refractivity contribution in [2.24, 2.45) is 5.16 Å². The molecule has 2 unspecified atom stereocenters. The van der Waals surface area contributed by atoms with Gasteiger partial charge in [-0.2, -0.15) is 0 Å². The predicted molar refractivity (Wildman–Crippen MR) is 107 cm³/mol. The molecule has 1 fully saturated rings. The van der Waals surface area contributed by atoms with Gasteiger partial charge in [-0.3, -0.25) is 4.79 Å². The maximum Gasteiger partial charge on any atom is 0.251 e. The molecule has 1 aromatic carbocycles. The van der Waals surface area contributed by atoms with E-state index in [1.807, 2.05) is 11.0 Å². The largest absolute Gasteiger partial charge is 0.411 e. The Bertz CT molecular complexity index is 1080. The van der Waals surface area contributed by atoms with E-state index >= 15 is 0 Å². The van der Waals surface area contributed by atoms with Gasteiger partial charge in [-0.15, -0.1) is 5.16 Å². The summed E-state index contributed by atoms with van der Waals surface area (Å²) in [6.45, 7) is 2.81. The lowest BCUT2D eigenvalue weighted by Gasteiger charge is -2.27. The van der Waals surface area contributed by atoms with Crippen LogP contribution in [0.3, 0.4) is 0 Å². The minimum Gasteiger partial charge on any atom is -0.411 e. The standard InChI is InChI=1S/C22H22N4O2/c1-14-4-6-15(7-5-14)20-22(27)26(20)16-8-9-19-17(10-12-24-28)18-3-2-11-23-21(18)25(19)13-16/h2-7,11-12,16,20,28H,8-10,13H2,1H3/b24-12-. The van der Waals surface area contributed by atoms with Crippen LogP contribution in [0.25, 0.3) is 11.0 Å². The van der Waals surface area contributed by atoms with Crippen molar-refractivity contribution in [1.29, 1.82) is 0 Å². The van der Waals surface area contributed by atoms with Crippen molar-refractivity contribution in [2.45, 2.75) is 44.8 Å². The molecular weight excluding hydrogens is 352 g/mol. The predicted octanol–water partition coefficient (Wildman–Crippen LogP) is 3.25. The van der Waals surface area contributed by atoms with Gasteiger partial charge in [0, 0.05) is 36.5 Å². The molecule has 6 nitrogen and oxygen atoms in total. The zero-order valence-electron chi connectivity index (χ0n) is 15.7. The van der Waals surface area contributed by atoms with Crippen LogP contribution in [0.4, 0.5) is 0 Å². The Morgan fingerprint density at radius 2 is 2.11 bits per heavy atom. The number of aromatic nitrogens is 2. The highest BCUT2D eigenvalue weighted by Crippen LogP contribution is 2.42. The van der Waals surface area contributed by atoms with Gasteiger partial charge in [-0.05, 0) is 43.0 Å². The van der Waals surface area contributed by atoms with Crippen LogP contribution in [0.15, 0.2) is 47.8 Å². The highest BCUT2D eigenvalue weighted by molar-refractivity contribution is 5.98. The summed E-state index contributed by atoms with van der Waals surface area (Å²) in [7, 11) is 0. The Hall–Kier alpha value is -3.15.